The van der Waals surface area contributed by atoms with Crippen molar-refractivity contribution < 1.29 is 22.7 Å². The molecule has 0 heterocycles. The highest BCUT2D eigenvalue weighted by Crippen LogP contribution is 2.29. The van der Waals surface area contributed by atoms with Gasteiger partial charge in [0, 0.05) is 11.9 Å². The second-order valence-corrected chi connectivity index (χ2v) is 12.2. The number of carbonyl (C=O) groups is 2. The number of hydrogen-bond donors (Lipinski definition) is 1. The van der Waals surface area contributed by atoms with E-state index in [0.29, 0.717) is 12.1 Å². The topological polar surface area (TPSA) is 92.8 Å². The van der Waals surface area contributed by atoms with Gasteiger partial charge in [-0.2, -0.15) is 0 Å². The number of likely N-dealkylation sites (N-methyl/N-ethyl adjacent to an activating group) is 1. The molecular weight excluding hydrogens is 524 g/mol. The fourth-order valence-electron chi connectivity index (χ4n) is 4.51. The Morgan fingerprint density at radius 3 is 2.30 bits per heavy atom. The SMILES string of the molecule is CCN(C(=O)COC(=O)c1ccccc1NS(=O)(=O)c1cc(C(C)(C)C)ccc1C)c1cccc2ccccc12. The second kappa shape index (κ2) is 11.5. The molecule has 4 aromatic rings. The van der Waals surface area contributed by atoms with Crippen LogP contribution in [0.25, 0.3) is 10.8 Å². The van der Waals surface area contributed by atoms with Gasteiger partial charge in [0.25, 0.3) is 15.9 Å². The highest BCUT2D eigenvalue weighted by molar-refractivity contribution is 7.92. The molecule has 40 heavy (non-hydrogen) atoms. The quantitative estimate of drug-likeness (QED) is 0.251. The van der Waals surface area contributed by atoms with Crippen LogP contribution in [0.2, 0.25) is 0 Å². The van der Waals surface area contributed by atoms with Crippen LogP contribution < -0.4 is 9.62 Å². The Kier molecular flexibility index (Phi) is 8.30. The molecule has 0 atom stereocenters. The molecule has 0 saturated heterocycles. The van der Waals surface area contributed by atoms with Crippen molar-refractivity contribution in [2.75, 3.05) is 22.8 Å². The van der Waals surface area contributed by atoms with Crippen molar-refractivity contribution in [1.82, 2.24) is 0 Å². The van der Waals surface area contributed by atoms with Crippen LogP contribution in [0.3, 0.4) is 0 Å². The van der Waals surface area contributed by atoms with Crippen LogP contribution in [0.5, 0.6) is 0 Å². The molecule has 1 amide bonds. The average Bonchev–Trinajstić information content (AvgIpc) is 2.92. The fourth-order valence-corrected chi connectivity index (χ4v) is 5.87. The average molecular weight is 559 g/mol. The molecule has 0 aliphatic rings. The van der Waals surface area contributed by atoms with Crippen LogP contribution in [0.1, 0.15) is 49.2 Å². The summed E-state index contributed by atoms with van der Waals surface area (Å²) in [6, 6.07) is 25.0. The van der Waals surface area contributed by atoms with Crippen LogP contribution in [0.15, 0.2) is 89.8 Å². The van der Waals surface area contributed by atoms with E-state index in [-0.39, 0.29) is 27.5 Å². The van der Waals surface area contributed by atoms with E-state index in [1.165, 1.54) is 12.1 Å². The van der Waals surface area contributed by atoms with Crippen molar-refractivity contribution in [3.05, 3.63) is 102 Å². The number of nitrogens with one attached hydrogen (secondary N) is 1. The first-order valence-corrected chi connectivity index (χ1v) is 14.6. The lowest BCUT2D eigenvalue weighted by atomic mass is 9.87. The Bertz CT molecular complexity index is 1670. The number of rotatable bonds is 8. The molecule has 0 bridgehead atoms. The highest BCUT2D eigenvalue weighted by atomic mass is 32.2. The number of fused-ring (bicyclic) bond motifs is 1. The van der Waals surface area contributed by atoms with Crippen LogP contribution >= 0.6 is 0 Å². The van der Waals surface area contributed by atoms with Gasteiger partial charge in [-0.05, 0) is 60.0 Å². The van der Waals surface area contributed by atoms with Gasteiger partial charge in [0.15, 0.2) is 6.61 Å². The lowest BCUT2D eigenvalue weighted by molar-refractivity contribution is -0.121. The van der Waals surface area contributed by atoms with E-state index in [1.807, 2.05) is 76.2 Å². The van der Waals surface area contributed by atoms with Crippen molar-refractivity contribution in [1.29, 1.82) is 0 Å². The summed E-state index contributed by atoms with van der Waals surface area (Å²) in [4.78, 5) is 27.9. The fraction of sp³-hybridized carbons (Fsp3) is 0.250. The Balaban J connectivity index is 1.54. The summed E-state index contributed by atoms with van der Waals surface area (Å²) in [5, 5.41) is 1.91. The van der Waals surface area contributed by atoms with Crippen molar-refractivity contribution >= 4 is 44.0 Å². The number of carbonyl (C=O) groups excluding carboxylic acids is 2. The molecule has 1 N–H and O–H groups in total. The molecule has 0 unspecified atom stereocenters. The molecule has 208 valence electrons. The third-order valence-corrected chi connectivity index (χ3v) is 8.24. The van der Waals surface area contributed by atoms with E-state index in [9.17, 15) is 18.0 Å². The normalized spacial score (nSPS) is 11.7. The molecule has 0 aliphatic heterocycles. The van der Waals surface area contributed by atoms with E-state index in [1.54, 1.807) is 36.1 Å². The molecule has 4 aromatic carbocycles. The number of ether oxygens (including phenoxy) is 1. The van der Waals surface area contributed by atoms with Crippen LogP contribution in [0.4, 0.5) is 11.4 Å². The monoisotopic (exact) mass is 558 g/mol. The molecule has 0 saturated carbocycles. The number of amides is 1. The lowest BCUT2D eigenvalue weighted by Gasteiger charge is -2.23. The molecule has 0 fully saturated rings. The Morgan fingerprint density at radius 2 is 1.57 bits per heavy atom. The number of benzene rings is 4. The molecule has 0 aliphatic carbocycles. The highest BCUT2D eigenvalue weighted by Gasteiger charge is 2.25. The maximum Gasteiger partial charge on any atom is 0.340 e. The summed E-state index contributed by atoms with van der Waals surface area (Å²) in [6.07, 6.45) is 0. The van der Waals surface area contributed by atoms with Crippen LogP contribution in [-0.4, -0.2) is 33.4 Å². The van der Waals surface area contributed by atoms with E-state index < -0.39 is 22.6 Å². The van der Waals surface area contributed by atoms with Crippen LogP contribution in [-0.2, 0) is 25.0 Å². The predicted octanol–water partition coefficient (Wildman–Crippen LogP) is 6.46. The molecular formula is C32H34N2O5S. The lowest BCUT2D eigenvalue weighted by Crippen LogP contribution is -2.34. The van der Waals surface area contributed by atoms with E-state index in [4.69, 9.17) is 4.74 Å². The number of para-hydroxylation sites is 1. The number of hydrogen-bond acceptors (Lipinski definition) is 5. The number of aryl methyl sites for hydroxylation is 1. The van der Waals surface area contributed by atoms with Crippen molar-refractivity contribution in [3.63, 3.8) is 0 Å². The zero-order valence-corrected chi connectivity index (χ0v) is 24.2. The van der Waals surface area contributed by atoms with Gasteiger partial charge >= 0.3 is 5.97 Å². The number of sulfonamides is 1. The first-order chi connectivity index (χ1) is 18.9. The maximum absolute atomic E-state index is 13.4. The van der Waals surface area contributed by atoms with E-state index >= 15 is 0 Å². The third-order valence-electron chi connectivity index (χ3n) is 6.74. The smallest absolute Gasteiger partial charge is 0.340 e. The number of nitrogens with zero attached hydrogens (tertiary/aromatic N) is 1. The van der Waals surface area contributed by atoms with Crippen molar-refractivity contribution in [2.24, 2.45) is 0 Å². The zero-order valence-electron chi connectivity index (χ0n) is 23.4. The Hall–Kier alpha value is -4.17. The summed E-state index contributed by atoms with van der Waals surface area (Å²) < 4.78 is 34.8. The summed E-state index contributed by atoms with van der Waals surface area (Å²) in [5.74, 6) is -1.19. The van der Waals surface area contributed by atoms with Gasteiger partial charge in [-0.15, -0.1) is 0 Å². The van der Waals surface area contributed by atoms with Gasteiger partial charge in [0.05, 0.1) is 21.8 Å². The van der Waals surface area contributed by atoms with Gasteiger partial charge in [0.1, 0.15) is 0 Å². The van der Waals surface area contributed by atoms with Crippen molar-refractivity contribution in [2.45, 2.75) is 44.9 Å². The van der Waals surface area contributed by atoms with Gasteiger partial charge in [-0.1, -0.05) is 81.4 Å². The number of anilines is 2. The first-order valence-electron chi connectivity index (χ1n) is 13.1. The molecule has 0 aromatic heterocycles. The van der Waals surface area contributed by atoms with E-state index in [0.717, 1.165) is 22.0 Å². The molecule has 8 heteroatoms. The van der Waals surface area contributed by atoms with E-state index in [2.05, 4.69) is 4.72 Å². The summed E-state index contributed by atoms with van der Waals surface area (Å²) in [6.45, 7) is 9.48. The maximum atomic E-state index is 13.4. The second-order valence-electron chi connectivity index (χ2n) is 10.6. The minimum Gasteiger partial charge on any atom is -0.452 e. The Morgan fingerprint density at radius 1 is 0.900 bits per heavy atom. The van der Waals surface area contributed by atoms with Gasteiger partial charge < -0.3 is 9.64 Å². The van der Waals surface area contributed by atoms with Gasteiger partial charge in [0.2, 0.25) is 0 Å². The standard InChI is InChI=1S/C32H34N2O5S/c1-6-34(28-17-11-13-23-12-7-8-14-25(23)28)30(35)21-39-31(36)26-15-9-10-16-27(26)33-40(37,38)29-20-24(32(3,4)5)19-18-22(29)2/h7-20,33H,6,21H2,1-5H3. The van der Waals surface area contributed by atoms with Crippen LogP contribution in [0, 0.1) is 6.92 Å². The molecule has 0 radical (unpaired) electrons. The molecule has 4 rings (SSSR count). The molecule has 7 nitrogen and oxygen atoms in total. The first kappa shape index (κ1) is 28.8. The van der Waals surface area contributed by atoms with Gasteiger partial charge in [-0.3, -0.25) is 9.52 Å². The van der Waals surface area contributed by atoms with Gasteiger partial charge in [-0.25, -0.2) is 13.2 Å². The summed E-state index contributed by atoms with van der Waals surface area (Å²) in [5.41, 5.74) is 2.02. The third kappa shape index (κ3) is 6.18. The minimum absolute atomic E-state index is 0.0108. The largest absolute Gasteiger partial charge is 0.452 e. The predicted molar refractivity (Wildman–Crippen MR) is 159 cm³/mol. The summed E-state index contributed by atoms with van der Waals surface area (Å²) >= 11 is 0. The van der Waals surface area contributed by atoms with Crippen molar-refractivity contribution in [3.8, 4) is 0 Å². The Labute approximate surface area is 235 Å². The summed E-state index contributed by atoms with van der Waals surface area (Å²) in [7, 11) is -4.02. The molecule has 0 spiro atoms. The zero-order chi connectivity index (χ0) is 29.1. The minimum atomic E-state index is -4.02. The number of esters is 1.